The Labute approximate surface area is 255 Å². The highest BCUT2D eigenvalue weighted by atomic mass is 16.5. The van der Waals surface area contributed by atoms with Crippen molar-refractivity contribution < 1.29 is 43.2 Å². The normalized spacial score (nSPS) is 11.7. The molecule has 1 atom stereocenters. The maximum absolute atomic E-state index is 13.8. The number of nitrogens with one attached hydrogen (secondary N) is 1. The van der Waals surface area contributed by atoms with E-state index >= 15 is 0 Å². The molecule has 10 heteroatoms. The van der Waals surface area contributed by atoms with Crippen LogP contribution in [0.4, 0.5) is 0 Å². The number of rotatable bonds is 15. The largest absolute Gasteiger partial charge is 0.493 e. The van der Waals surface area contributed by atoms with Crippen molar-refractivity contribution in [3.05, 3.63) is 108 Å². The molecule has 0 aliphatic rings. The van der Waals surface area contributed by atoms with E-state index in [2.05, 4.69) is 11.9 Å². The summed E-state index contributed by atoms with van der Waals surface area (Å²) >= 11 is 0. The van der Waals surface area contributed by atoms with E-state index in [9.17, 15) is 24.3 Å². The molecule has 0 bridgehead atoms. The summed E-state index contributed by atoms with van der Waals surface area (Å²) in [6, 6.07) is 14.5. The van der Waals surface area contributed by atoms with Gasteiger partial charge in [-0.2, -0.15) is 0 Å². The first kappa shape index (κ1) is 32.9. The van der Waals surface area contributed by atoms with Crippen LogP contribution in [0.15, 0.2) is 85.5 Å². The van der Waals surface area contributed by atoms with Crippen molar-refractivity contribution in [2.45, 2.75) is 6.04 Å². The molecule has 0 aliphatic heterocycles. The smallest absolute Gasteiger partial charge is 0.335 e. The number of methoxy groups -OCH3 is 4. The molecule has 1 unspecified atom stereocenters. The number of hydrogen-bond acceptors (Lipinski definition) is 8. The topological polar surface area (TPSA) is 137 Å². The maximum atomic E-state index is 13.8. The number of carboxylic acid groups (broad SMARTS) is 1. The number of carboxylic acids is 1. The first-order valence-electron chi connectivity index (χ1n) is 13.3. The van der Waals surface area contributed by atoms with Gasteiger partial charge in [-0.1, -0.05) is 43.0 Å². The molecule has 0 aromatic heterocycles. The van der Waals surface area contributed by atoms with Crippen LogP contribution >= 0.6 is 0 Å². The van der Waals surface area contributed by atoms with Gasteiger partial charge in [-0.25, -0.2) is 4.79 Å². The molecule has 228 valence electrons. The van der Waals surface area contributed by atoms with Gasteiger partial charge < -0.3 is 29.4 Å². The molecule has 3 rings (SSSR count). The van der Waals surface area contributed by atoms with Crippen LogP contribution in [-0.2, 0) is 14.4 Å². The van der Waals surface area contributed by atoms with Gasteiger partial charge in [0.15, 0.2) is 34.6 Å². The highest BCUT2D eigenvalue weighted by Gasteiger charge is 2.34. The van der Waals surface area contributed by atoms with Crippen molar-refractivity contribution in [2.75, 3.05) is 28.4 Å². The van der Waals surface area contributed by atoms with E-state index < -0.39 is 35.4 Å². The van der Waals surface area contributed by atoms with Crippen LogP contribution in [0.3, 0.4) is 0 Å². The SMILES string of the molecule is C=CC(=O)NC(c1ccc(C(=O)O)cc1)C(C(=O)/C=C/c1ccc(OC)c(OC)c1)C(=O)/C=C/c1ccc(OC)c(OC)c1. The van der Waals surface area contributed by atoms with Crippen LogP contribution < -0.4 is 24.3 Å². The molecule has 3 aromatic carbocycles. The number of benzene rings is 3. The van der Waals surface area contributed by atoms with Gasteiger partial charge in [-0.05, 0) is 71.3 Å². The summed E-state index contributed by atoms with van der Waals surface area (Å²) in [5, 5.41) is 12.0. The summed E-state index contributed by atoms with van der Waals surface area (Å²) in [4.78, 5) is 51.5. The highest BCUT2D eigenvalue weighted by molar-refractivity contribution is 6.14. The fraction of sp³-hybridized carbons (Fsp3) is 0.176. The Kier molecular flexibility index (Phi) is 11.6. The molecule has 0 saturated heterocycles. The van der Waals surface area contributed by atoms with E-state index in [1.165, 1.54) is 77.0 Å². The van der Waals surface area contributed by atoms with E-state index in [1.807, 2.05) is 0 Å². The molecular weight excluding hydrogens is 566 g/mol. The Morgan fingerprint density at radius 3 is 1.55 bits per heavy atom. The standard InChI is InChI=1S/C34H33NO9/c1-6-31(38)35-33(23-11-13-24(14-12-23)34(39)40)32(25(36)15-7-21-9-17-27(41-2)29(19-21)43-4)26(37)16-8-22-10-18-28(42-3)30(20-22)44-5/h6-20,32-33H,1H2,2-5H3,(H,35,38)(H,39,40)/b15-7+,16-8+. The van der Waals surface area contributed by atoms with Gasteiger partial charge in [-0.15, -0.1) is 0 Å². The molecule has 0 radical (unpaired) electrons. The number of ether oxygens (including phenoxy) is 4. The summed E-state index contributed by atoms with van der Waals surface area (Å²) < 4.78 is 21.2. The third-order valence-electron chi connectivity index (χ3n) is 6.64. The molecule has 44 heavy (non-hydrogen) atoms. The fourth-order valence-electron chi connectivity index (χ4n) is 4.35. The number of amides is 1. The van der Waals surface area contributed by atoms with Gasteiger partial charge in [0.2, 0.25) is 5.91 Å². The van der Waals surface area contributed by atoms with Crippen molar-refractivity contribution in [1.82, 2.24) is 5.32 Å². The number of allylic oxidation sites excluding steroid dienone is 2. The fourth-order valence-corrected chi connectivity index (χ4v) is 4.35. The van der Waals surface area contributed by atoms with Gasteiger partial charge in [-0.3, -0.25) is 14.4 Å². The summed E-state index contributed by atoms with van der Waals surface area (Å²) in [6.45, 7) is 3.47. The predicted octanol–water partition coefficient (Wildman–Crippen LogP) is 4.94. The molecule has 3 aromatic rings. The zero-order valence-corrected chi connectivity index (χ0v) is 24.7. The van der Waals surface area contributed by atoms with E-state index in [0.29, 0.717) is 39.7 Å². The number of ketones is 2. The molecular formula is C34H33NO9. The first-order chi connectivity index (χ1) is 21.1. The Balaban J connectivity index is 2.08. The lowest BCUT2D eigenvalue weighted by Gasteiger charge is -2.25. The molecule has 0 saturated carbocycles. The summed E-state index contributed by atoms with van der Waals surface area (Å²) in [6.07, 6.45) is 6.54. The first-order valence-corrected chi connectivity index (χ1v) is 13.3. The molecule has 0 aliphatic carbocycles. The second-order valence-corrected chi connectivity index (χ2v) is 9.30. The summed E-state index contributed by atoms with van der Waals surface area (Å²) in [7, 11) is 5.98. The molecule has 0 heterocycles. The number of carbonyl (C=O) groups is 4. The van der Waals surface area contributed by atoms with Crippen LogP contribution in [0.5, 0.6) is 23.0 Å². The second kappa shape index (κ2) is 15.5. The molecule has 1 amide bonds. The van der Waals surface area contributed by atoms with Crippen molar-refractivity contribution in [1.29, 1.82) is 0 Å². The summed E-state index contributed by atoms with van der Waals surface area (Å²) in [5.41, 5.74) is 1.54. The van der Waals surface area contributed by atoms with Crippen molar-refractivity contribution in [2.24, 2.45) is 5.92 Å². The monoisotopic (exact) mass is 599 g/mol. The van der Waals surface area contributed by atoms with Gasteiger partial charge in [0.1, 0.15) is 5.92 Å². The zero-order chi connectivity index (χ0) is 32.2. The minimum Gasteiger partial charge on any atom is -0.493 e. The van der Waals surface area contributed by atoms with Crippen LogP contribution in [0, 0.1) is 5.92 Å². The van der Waals surface area contributed by atoms with Gasteiger partial charge in [0.25, 0.3) is 0 Å². The minimum absolute atomic E-state index is 0.00144. The minimum atomic E-state index is -1.43. The van der Waals surface area contributed by atoms with Crippen molar-refractivity contribution in [3.63, 3.8) is 0 Å². The zero-order valence-electron chi connectivity index (χ0n) is 24.7. The van der Waals surface area contributed by atoms with Crippen LogP contribution in [-0.4, -0.2) is 57.0 Å². The Morgan fingerprint density at radius 2 is 1.16 bits per heavy atom. The third-order valence-corrected chi connectivity index (χ3v) is 6.64. The highest BCUT2D eigenvalue weighted by Crippen LogP contribution is 2.31. The lowest BCUT2D eigenvalue weighted by Crippen LogP contribution is -2.39. The van der Waals surface area contributed by atoms with Crippen LogP contribution in [0.2, 0.25) is 0 Å². The average molecular weight is 600 g/mol. The van der Waals surface area contributed by atoms with E-state index in [0.717, 1.165) is 6.08 Å². The average Bonchev–Trinajstić information content (AvgIpc) is 3.05. The third kappa shape index (κ3) is 8.22. The van der Waals surface area contributed by atoms with Crippen molar-refractivity contribution in [3.8, 4) is 23.0 Å². The predicted molar refractivity (Wildman–Crippen MR) is 165 cm³/mol. The van der Waals surface area contributed by atoms with Gasteiger partial charge in [0, 0.05) is 0 Å². The number of carbonyl (C=O) groups excluding carboxylic acids is 3. The molecule has 0 fully saturated rings. The molecule has 2 N–H and O–H groups in total. The van der Waals surface area contributed by atoms with Gasteiger partial charge in [0.05, 0.1) is 40.0 Å². The lowest BCUT2D eigenvalue weighted by molar-refractivity contribution is -0.129. The van der Waals surface area contributed by atoms with Gasteiger partial charge >= 0.3 is 5.97 Å². The number of hydrogen-bond donors (Lipinski definition) is 2. The maximum Gasteiger partial charge on any atom is 0.335 e. The molecule has 10 nitrogen and oxygen atoms in total. The van der Waals surface area contributed by atoms with E-state index in [-0.39, 0.29) is 5.56 Å². The second-order valence-electron chi connectivity index (χ2n) is 9.30. The lowest BCUT2D eigenvalue weighted by atomic mass is 9.85. The van der Waals surface area contributed by atoms with Crippen LogP contribution in [0.25, 0.3) is 12.2 Å². The summed E-state index contributed by atoms with van der Waals surface area (Å²) in [5.74, 6) is -2.54. The Hall–Kier alpha value is -5.64. The Bertz CT molecular complexity index is 1510. The van der Waals surface area contributed by atoms with Crippen molar-refractivity contribution >= 4 is 35.6 Å². The quantitative estimate of drug-likeness (QED) is 0.184. The Morgan fingerprint density at radius 1 is 0.705 bits per heavy atom. The van der Waals surface area contributed by atoms with E-state index in [1.54, 1.807) is 36.4 Å². The molecule has 0 spiro atoms. The van der Waals surface area contributed by atoms with Crippen LogP contribution in [0.1, 0.15) is 33.1 Å². The van der Waals surface area contributed by atoms with E-state index in [4.69, 9.17) is 18.9 Å². The number of aromatic carboxylic acids is 1.